The van der Waals surface area contributed by atoms with Crippen molar-refractivity contribution in [2.45, 2.75) is 11.1 Å². The van der Waals surface area contributed by atoms with Gasteiger partial charge >= 0.3 is 6.03 Å². The third kappa shape index (κ3) is 4.99. The summed E-state index contributed by atoms with van der Waals surface area (Å²) < 4.78 is 27.5. The minimum absolute atomic E-state index is 0.0651. The zero-order valence-corrected chi connectivity index (χ0v) is 16.3. The first-order valence-electron chi connectivity index (χ1n) is 7.38. The van der Waals surface area contributed by atoms with E-state index < -0.39 is 22.0 Å². The Labute approximate surface area is 153 Å². The zero-order valence-electron chi connectivity index (χ0n) is 13.1. The molecule has 134 valence electrons. The third-order valence-corrected chi connectivity index (χ3v) is 7.42. The molecule has 0 bridgehead atoms. The number of amides is 3. The molecule has 0 aromatic carbocycles. The number of piperazine rings is 1. The van der Waals surface area contributed by atoms with Gasteiger partial charge in [-0.25, -0.2) is 13.2 Å². The first-order valence-corrected chi connectivity index (χ1v) is 10.4. The summed E-state index contributed by atoms with van der Waals surface area (Å²) in [6, 6.07) is 2.77. The van der Waals surface area contributed by atoms with E-state index in [1.807, 2.05) is 4.90 Å². The van der Waals surface area contributed by atoms with Crippen LogP contribution in [0.1, 0.15) is 6.92 Å². The van der Waals surface area contributed by atoms with Gasteiger partial charge in [-0.15, -0.1) is 11.3 Å². The largest absolute Gasteiger partial charge is 0.338 e. The topological polar surface area (TPSA) is 98.8 Å². The maximum absolute atomic E-state index is 12.5. The van der Waals surface area contributed by atoms with Crippen molar-refractivity contribution < 1.29 is 18.0 Å². The number of nitrogens with zero attached hydrogens (tertiary/aromatic N) is 2. The Balaban J connectivity index is 1.85. The molecule has 8 nitrogen and oxygen atoms in total. The summed E-state index contributed by atoms with van der Waals surface area (Å²) in [6.07, 6.45) is 0. The van der Waals surface area contributed by atoms with Crippen LogP contribution in [-0.2, 0) is 14.8 Å². The number of hydrogen-bond donors (Lipinski definition) is 2. The van der Waals surface area contributed by atoms with Crippen molar-refractivity contribution >= 4 is 49.2 Å². The molecule has 0 radical (unpaired) electrons. The van der Waals surface area contributed by atoms with Gasteiger partial charge in [-0.2, -0.15) is 4.31 Å². The summed E-state index contributed by atoms with van der Waals surface area (Å²) in [4.78, 5) is 24.9. The number of nitrogens with one attached hydrogen (secondary N) is 2. The van der Waals surface area contributed by atoms with Crippen LogP contribution in [0, 0.1) is 0 Å². The fraction of sp³-hybridized carbons (Fsp3) is 0.538. The van der Waals surface area contributed by atoms with Crippen molar-refractivity contribution in [1.29, 1.82) is 0 Å². The minimum Gasteiger partial charge on any atom is -0.338 e. The molecule has 1 aliphatic heterocycles. The molecule has 1 aromatic rings. The lowest BCUT2D eigenvalue weighted by Gasteiger charge is -2.33. The molecule has 1 saturated heterocycles. The van der Waals surface area contributed by atoms with Crippen molar-refractivity contribution in [3.63, 3.8) is 0 Å². The highest BCUT2D eigenvalue weighted by molar-refractivity contribution is 9.11. The number of carbonyl (C=O) groups is 2. The van der Waals surface area contributed by atoms with Gasteiger partial charge < -0.3 is 5.32 Å². The molecule has 1 aliphatic rings. The van der Waals surface area contributed by atoms with Gasteiger partial charge in [0, 0.05) is 32.7 Å². The van der Waals surface area contributed by atoms with Crippen LogP contribution in [0.4, 0.5) is 4.79 Å². The first kappa shape index (κ1) is 19.3. The standard InChI is InChI=1S/C13H19BrN4O4S2/c1-2-15-13(20)16-11(19)9-17-5-7-18(8-6-17)24(21,22)12-4-3-10(14)23-12/h3-4H,2,5-9H2,1H3,(H2,15,16,19,20). The Hall–Kier alpha value is -1.01. The molecule has 0 atom stereocenters. The van der Waals surface area contributed by atoms with E-state index in [2.05, 4.69) is 26.6 Å². The predicted molar refractivity (Wildman–Crippen MR) is 94.4 cm³/mol. The van der Waals surface area contributed by atoms with Crippen molar-refractivity contribution in [2.24, 2.45) is 0 Å². The Morgan fingerprint density at radius 3 is 2.46 bits per heavy atom. The van der Waals surface area contributed by atoms with Gasteiger partial charge in [0.1, 0.15) is 4.21 Å². The summed E-state index contributed by atoms with van der Waals surface area (Å²) >= 11 is 4.44. The van der Waals surface area contributed by atoms with E-state index in [-0.39, 0.29) is 6.54 Å². The SMILES string of the molecule is CCNC(=O)NC(=O)CN1CCN(S(=O)(=O)c2ccc(Br)s2)CC1. The van der Waals surface area contributed by atoms with Gasteiger partial charge in [-0.1, -0.05) is 0 Å². The minimum atomic E-state index is -3.49. The monoisotopic (exact) mass is 438 g/mol. The molecular weight excluding hydrogens is 420 g/mol. The van der Waals surface area contributed by atoms with E-state index in [0.29, 0.717) is 36.9 Å². The van der Waals surface area contributed by atoms with Crippen molar-refractivity contribution in [3.8, 4) is 0 Å². The molecule has 0 saturated carbocycles. The lowest BCUT2D eigenvalue weighted by atomic mass is 10.3. The first-order chi connectivity index (χ1) is 11.3. The highest BCUT2D eigenvalue weighted by Crippen LogP contribution is 2.28. The van der Waals surface area contributed by atoms with Crippen LogP contribution in [0.25, 0.3) is 0 Å². The molecule has 0 aliphatic carbocycles. The summed E-state index contributed by atoms with van der Waals surface area (Å²) in [5.41, 5.74) is 0. The smallest absolute Gasteiger partial charge is 0.321 e. The lowest BCUT2D eigenvalue weighted by molar-refractivity contribution is -0.121. The van der Waals surface area contributed by atoms with Gasteiger partial charge in [0.2, 0.25) is 5.91 Å². The van der Waals surface area contributed by atoms with Gasteiger partial charge in [0.25, 0.3) is 10.0 Å². The number of hydrogen-bond acceptors (Lipinski definition) is 6. The third-order valence-electron chi connectivity index (χ3n) is 3.43. The highest BCUT2D eigenvalue weighted by atomic mass is 79.9. The number of imide groups is 1. The van der Waals surface area contributed by atoms with E-state index >= 15 is 0 Å². The van der Waals surface area contributed by atoms with Crippen LogP contribution in [0.3, 0.4) is 0 Å². The van der Waals surface area contributed by atoms with Gasteiger partial charge in [0.05, 0.1) is 10.3 Å². The van der Waals surface area contributed by atoms with Crippen LogP contribution in [0.2, 0.25) is 0 Å². The number of carbonyl (C=O) groups excluding carboxylic acids is 2. The Bertz CT molecular complexity index is 699. The van der Waals surface area contributed by atoms with Gasteiger partial charge in [-0.3, -0.25) is 15.0 Å². The lowest BCUT2D eigenvalue weighted by Crippen LogP contribution is -2.52. The Morgan fingerprint density at radius 1 is 1.25 bits per heavy atom. The van der Waals surface area contributed by atoms with Crippen LogP contribution in [-0.4, -0.2) is 68.8 Å². The summed E-state index contributed by atoms with van der Waals surface area (Å²) in [7, 11) is -3.49. The molecule has 2 N–H and O–H groups in total. The number of halogens is 1. The quantitative estimate of drug-likeness (QED) is 0.703. The number of rotatable bonds is 5. The maximum Gasteiger partial charge on any atom is 0.321 e. The Kier molecular flexibility index (Phi) is 6.75. The summed E-state index contributed by atoms with van der Waals surface area (Å²) in [5.74, 6) is -0.403. The van der Waals surface area contributed by atoms with Crippen molar-refractivity contribution in [1.82, 2.24) is 19.8 Å². The van der Waals surface area contributed by atoms with Crippen LogP contribution < -0.4 is 10.6 Å². The number of urea groups is 1. The molecule has 2 heterocycles. The summed E-state index contributed by atoms with van der Waals surface area (Å²) in [6.45, 7) is 3.77. The van der Waals surface area contributed by atoms with Crippen molar-refractivity contribution in [3.05, 3.63) is 15.9 Å². The molecule has 11 heteroatoms. The Morgan fingerprint density at radius 2 is 1.92 bits per heavy atom. The molecule has 1 fully saturated rings. The van der Waals surface area contributed by atoms with Gasteiger partial charge in [0.15, 0.2) is 0 Å². The molecule has 0 spiro atoms. The van der Waals surface area contributed by atoms with Crippen LogP contribution in [0.15, 0.2) is 20.1 Å². The van der Waals surface area contributed by atoms with Crippen LogP contribution in [0.5, 0.6) is 0 Å². The fourth-order valence-corrected chi connectivity index (χ4v) is 5.85. The van der Waals surface area contributed by atoms with E-state index in [0.717, 1.165) is 3.79 Å². The average Bonchev–Trinajstić information content (AvgIpc) is 2.95. The van der Waals surface area contributed by atoms with Crippen molar-refractivity contribution in [2.75, 3.05) is 39.3 Å². The second kappa shape index (κ2) is 8.39. The number of thiophene rings is 1. The average molecular weight is 439 g/mol. The normalized spacial score (nSPS) is 16.8. The number of sulfonamides is 1. The van der Waals surface area contributed by atoms with E-state index in [1.165, 1.54) is 15.6 Å². The predicted octanol–water partition coefficient (Wildman–Crippen LogP) is 0.663. The highest BCUT2D eigenvalue weighted by Gasteiger charge is 2.30. The van der Waals surface area contributed by atoms with Gasteiger partial charge in [-0.05, 0) is 35.0 Å². The maximum atomic E-state index is 12.5. The molecule has 24 heavy (non-hydrogen) atoms. The summed E-state index contributed by atoms with van der Waals surface area (Å²) in [5, 5.41) is 4.71. The second-order valence-electron chi connectivity index (χ2n) is 5.15. The fourth-order valence-electron chi connectivity index (χ4n) is 2.27. The molecule has 2 rings (SSSR count). The van der Waals surface area contributed by atoms with Crippen LogP contribution >= 0.6 is 27.3 Å². The molecular formula is C13H19BrN4O4S2. The molecule has 3 amide bonds. The van der Waals surface area contributed by atoms with E-state index in [1.54, 1.807) is 19.1 Å². The zero-order chi connectivity index (χ0) is 17.7. The van der Waals surface area contributed by atoms with E-state index in [9.17, 15) is 18.0 Å². The van der Waals surface area contributed by atoms with E-state index in [4.69, 9.17) is 0 Å². The second-order valence-corrected chi connectivity index (χ2v) is 9.77. The molecule has 1 aromatic heterocycles. The molecule has 0 unspecified atom stereocenters.